The standard InChI is InChI=1S/C10H19NO.C9H17NO2.C9H17N.C7H12N2/c1-3-9(2)11-8-6-4-5-7-10(11)12;1-3-8(2)9(11)10-4-6-12-7-5-10;1-4-8(2)10-7-5-6-9(10)3;1-3-7(2)9-5-4-8-6-9/h9H,3-8H2,1-2H3;8H,3-7H2,1-2H3;8H,3-7H2,1-2H3;4-7H,3H2,1-2H3/t9-;2*8-;7-/m1111/s1. The van der Waals surface area contributed by atoms with Gasteiger partial charge in [-0.25, -0.2) is 4.98 Å². The van der Waals surface area contributed by atoms with Crippen molar-refractivity contribution in [3.05, 3.63) is 31.0 Å². The van der Waals surface area contributed by atoms with Gasteiger partial charge < -0.3 is 24.0 Å². The number of imidazole rings is 1. The fourth-order valence-corrected chi connectivity index (χ4v) is 5.21. The van der Waals surface area contributed by atoms with Crippen molar-refractivity contribution in [3.63, 3.8) is 0 Å². The molecular weight excluding hydrogens is 538 g/mol. The Morgan fingerprint density at radius 3 is 1.93 bits per heavy atom. The Balaban J connectivity index is 0.000000289. The van der Waals surface area contributed by atoms with E-state index in [-0.39, 0.29) is 11.8 Å². The molecule has 1 aromatic heterocycles. The molecule has 0 unspecified atom stereocenters. The number of rotatable bonds is 8. The van der Waals surface area contributed by atoms with Gasteiger partial charge >= 0.3 is 0 Å². The van der Waals surface area contributed by atoms with Crippen LogP contribution in [0.2, 0.25) is 0 Å². The molecule has 2 amide bonds. The molecule has 4 heterocycles. The third kappa shape index (κ3) is 14.3. The lowest BCUT2D eigenvalue weighted by molar-refractivity contribution is -0.139. The van der Waals surface area contributed by atoms with Crippen molar-refractivity contribution < 1.29 is 14.3 Å². The maximum absolute atomic E-state index is 11.6. The topological polar surface area (TPSA) is 70.9 Å². The SMILES string of the molecule is C=C1CCCN1[C@H](C)CC.CC[C@@H](C)C(=O)N1CCOCC1.CC[C@@H](C)N1CCCCCC1=O.CC[C@@H](C)n1ccnc1. The van der Waals surface area contributed by atoms with Gasteiger partial charge in [0.2, 0.25) is 11.8 Å². The molecule has 0 saturated carbocycles. The van der Waals surface area contributed by atoms with Crippen LogP contribution in [0.15, 0.2) is 31.0 Å². The zero-order valence-electron chi connectivity index (χ0n) is 29.0. The quantitative estimate of drug-likeness (QED) is 0.311. The molecule has 4 rings (SSSR count). The van der Waals surface area contributed by atoms with E-state index in [0.717, 1.165) is 51.7 Å². The zero-order valence-corrected chi connectivity index (χ0v) is 29.0. The van der Waals surface area contributed by atoms with Gasteiger partial charge in [0.05, 0.1) is 19.5 Å². The first-order chi connectivity index (χ1) is 20.6. The number of aromatic nitrogens is 2. The monoisotopic (exact) mass is 604 g/mol. The van der Waals surface area contributed by atoms with Gasteiger partial charge in [0, 0.05) is 74.7 Å². The van der Waals surface area contributed by atoms with Crippen LogP contribution in [0.3, 0.4) is 0 Å². The molecule has 3 aliphatic rings. The lowest BCUT2D eigenvalue weighted by Gasteiger charge is -2.28. The van der Waals surface area contributed by atoms with Crippen LogP contribution in [0.1, 0.15) is 126 Å². The summed E-state index contributed by atoms with van der Waals surface area (Å²) < 4.78 is 7.28. The third-order valence-electron chi connectivity index (χ3n) is 9.11. The van der Waals surface area contributed by atoms with Crippen LogP contribution in [-0.4, -0.2) is 87.5 Å². The number of allylic oxidation sites excluding steroid dienone is 1. The van der Waals surface area contributed by atoms with Crippen LogP contribution in [0.25, 0.3) is 0 Å². The average Bonchev–Trinajstić information content (AvgIpc) is 3.69. The molecule has 248 valence electrons. The second-order valence-electron chi connectivity index (χ2n) is 12.3. The summed E-state index contributed by atoms with van der Waals surface area (Å²) in [5.41, 5.74) is 1.34. The van der Waals surface area contributed by atoms with E-state index in [4.69, 9.17) is 4.74 Å². The molecule has 8 heteroatoms. The predicted molar refractivity (Wildman–Crippen MR) is 179 cm³/mol. The van der Waals surface area contributed by atoms with Crippen molar-refractivity contribution in [2.45, 2.75) is 138 Å². The predicted octanol–water partition coefficient (Wildman–Crippen LogP) is 7.33. The van der Waals surface area contributed by atoms with E-state index in [9.17, 15) is 9.59 Å². The third-order valence-corrected chi connectivity index (χ3v) is 9.11. The van der Waals surface area contributed by atoms with E-state index in [0.29, 0.717) is 37.2 Å². The van der Waals surface area contributed by atoms with Gasteiger partial charge in [-0.05, 0) is 72.1 Å². The van der Waals surface area contributed by atoms with Crippen molar-refractivity contribution in [2.24, 2.45) is 5.92 Å². The van der Waals surface area contributed by atoms with E-state index in [1.807, 2.05) is 42.4 Å². The minimum Gasteiger partial charge on any atom is -0.378 e. The summed E-state index contributed by atoms with van der Waals surface area (Å²) in [6.07, 6.45) is 16.9. The van der Waals surface area contributed by atoms with Crippen LogP contribution in [0.5, 0.6) is 0 Å². The van der Waals surface area contributed by atoms with Crippen molar-refractivity contribution in [1.29, 1.82) is 0 Å². The maximum Gasteiger partial charge on any atom is 0.225 e. The fraction of sp³-hybridized carbons (Fsp3) is 0.800. The van der Waals surface area contributed by atoms with Crippen LogP contribution < -0.4 is 0 Å². The summed E-state index contributed by atoms with van der Waals surface area (Å²) in [7, 11) is 0. The number of ether oxygens (including phenoxy) is 1. The van der Waals surface area contributed by atoms with Crippen LogP contribution >= 0.6 is 0 Å². The number of nitrogens with zero attached hydrogens (tertiary/aromatic N) is 5. The second-order valence-corrected chi connectivity index (χ2v) is 12.3. The summed E-state index contributed by atoms with van der Waals surface area (Å²) in [5.74, 6) is 0.811. The van der Waals surface area contributed by atoms with Gasteiger partial charge in [-0.2, -0.15) is 0 Å². The number of morpholine rings is 1. The molecule has 1 aromatic rings. The molecule has 3 saturated heterocycles. The summed E-state index contributed by atoms with van der Waals surface area (Å²) in [4.78, 5) is 33.5. The van der Waals surface area contributed by atoms with Crippen LogP contribution in [0.4, 0.5) is 0 Å². The summed E-state index contributed by atoms with van der Waals surface area (Å²) in [6.45, 7) is 26.3. The number of carbonyl (C=O) groups is 2. The zero-order chi connectivity index (χ0) is 32.2. The normalized spacial score (nSPS) is 19.9. The van der Waals surface area contributed by atoms with Crippen LogP contribution in [0, 0.1) is 5.92 Å². The molecule has 0 spiro atoms. The highest BCUT2D eigenvalue weighted by molar-refractivity contribution is 5.78. The van der Waals surface area contributed by atoms with Crippen molar-refractivity contribution in [2.75, 3.05) is 39.4 Å². The summed E-state index contributed by atoms with van der Waals surface area (Å²) in [5, 5.41) is 0. The molecule has 0 radical (unpaired) electrons. The van der Waals surface area contributed by atoms with Gasteiger partial charge in [-0.15, -0.1) is 0 Å². The van der Waals surface area contributed by atoms with E-state index in [1.54, 1.807) is 0 Å². The smallest absolute Gasteiger partial charge is 0.225 e. The Bertz CT molecular complexity index is 884. The Kier molecular flexibility index (Phi) is 20.0. The van der Waals surface area contributed by atoms with Crippen molar-refractivity contribution >= 4 is 11.8 Å². The molecular formula is C35H65N5O3. The Morgan fingerprint density at radius 1 is 0.814 bits per heavy atom. The minimum absolute atomic E-state index is 0.170. The lowest BCUT2D eigenvalue weighted by atomic mass is 10.1. The highest BCUT2D eigenvalue weighted by atomic mass is 16.5. The first-order valence-corrected chi connectivity index (χ1v) is 17.2. The van der Waals surface area contributed by atoms with Crippen molar-refractivity contribution in [3.8, 4) is 0 Å². The number of hydrogen-bond donors (Lipinski definition) is 0. The average molecular weight is 604 g/mol. The van der Waals surface area contributed by atoms with E-state index in [2.05, 4.69) is 62.6 Å². The van der Waals surface area contributed by atoms with Gasteiger partial charge in [0.1, 0.15) is 0 Å². The number of carbonyl (C=O) groups excluding carboxylic acids is 2. The first-order valence-electron chi connectivity index (χ1n) is 17.2. The Morgan fingerprint density at radius 2 is 1.42 bits per heavy atom. The van der Waals surface area contributed by atoms with Gasteiger partial charge in [-0.1, -0.05) is 47.6 Å². The molecule has 3 aliphatic heterocycles. The Labute approximate surface area is 264 Å². The molecule has 0 aromatic carbocycles. The highest BCUT2D eigenvalue weighted by Gasteiger charge is 2.21. The molecule has 43 heavy (non-hydrogen) atoms. The fourth-order valence-electron chi connectivity index (χ4n) is 5.21. The van der Waals surface area contributed by atoms with E-state index >= 15 is 0 Å². The highest BCUT2D eigenvalue weighted by Crippen LogP contribution is 2.22. The molecule has 8 nitrogen and oxygen atoms in total. The summed E-state index contributed by atoms with van der Waals surface area (Å²) >= 11 is 0. The molecule has 0 N–H and O–H groups in total. The first kappa shape index (κ1) is 38.7. The van der Waals surface area contributed by atoms with E-state index < -0.39 is 0 Å². The maximum atomic E-state index is 11.6. The Hall–Kier alpha value is -2.35. The van der Waals surface area contributed by atoms with Gasteiger partial charge in [-0.3, -0.25) is 9.59 Å². The molecule has 4 atom stereocenters. The lowest BCUT2D eigenvalue weighted by Crippen LogP contribution is -2.43. The van der Waals surface area contributed by atoms with Gasteiger partial charge in [0.25, 0.3) is 0 Å². The van der Waals surface area contributed by atoms with Gasteiger partial charge in [0.15, 0.2) is 0 Å². The number of hydrogen-bond acceptors (Lipinski definition) is 5. The van der Waals surface area contributed by atoms with Crippen LogP contribution in [-0.2, 0) is 14.3 Å². The number of amides is 2. The summed E-state index contributed by atoms with van der Waals surface area (Å²) in [6, 6.07) is 1.73. The van der Waals surface area contributed by atoms with Crippen molar-refractivity contribution in [1.82, 2.24) is 24.3 Å². The number of likely N-dealkylation sites (tertiary alicyclic amines) is 2. The second kappa shape index (κ2) is 22.2. The largest absolute Gasteiger partial charge is 0.378 e. The minimum atomic E-state index is 0.170. The molecule has 3 fully saturated rings. The van der Waals surface area contributed by atoms with E-state index in [1.165, 1.54) is 44.3 Å². The molecule has 0 bridgehead atoms. The molecule has 0 aliphatic carbocycles.